The van der Waals surface area contributed by atoms with E-state index in [1.807, 2.05) is 18.2 Å². The average molecular weight is 237 g/mol. The van der Waals surface area contributed by atoms with Gasteiger partial charge in [0.15, 0.2) is 0 Å². The normalized spacial score (nSPS) is 11.5. The summed E-state index contributed by atoms with van der Waals surface area (Å²) >= 11 is 3.39. The number of hydrogen-bond acceptors (Lipinski definition) is 2. The number of nitrogens with zero attached hydrogens (tertiary/aromatic N) is 1. The molecule has 1 N–H and O–H groups in total. The average Bonchev–Trinajstić information content (AvgIpc) is 2.70. The molecule has 3 nitrogen and oxygen atoms in total. The number of H-pyrrole nitrogens is 1. The third-order valence-corrected chi connectivity index (χ3v) is 2.71. The number of benzene rings is 1. The molecule has 0 spiro atoms. The molecule has 0 atom stereocenters. The van der Waals surface area contributed by atoms with E-state index in [-0.39, 0.29) is 0 Å². The van der Waals surface area contributed by atoms with E-state index in [9.17, 15) is 0 Å². The van der Waals surface area contributed by atoms with Crippen molar-refractivity contribution < 1.29 is 4.42 Å². The smallest absolute Gasteiger partial charge is 0.136 e. The van der Waals surface area contributed by atoms with E-state index in [0.717, 1.165) is 26.5 Å². The topological polar surface area (TPSA) is 41.8 Å². The molecule has 0 saturated heterocycles. The first-order valence-electron chi connectivity index (χ1n) is 3.86. The van der Waals surface area contributed by atoms with Gasteiger partial charge < -0.3 is 4.42 Å². The summed E-state index contributed by atoms with van der Waals surface area (Å²) in [5.41, 5.74) is 1.81. The summed E-state index contributed by atoms with van der Waals surface area (Å²) in [7, 11) is 0. The molecule has 3 rings (SSSR count). The molecule has 2 aromatic heterocycles. The Hall–Kier alpha value is -1.29. The van der Waals surface area contributed by atoms with Gasteiger partial charge in [-0.05, 0) is 34.1 Å². The van der Waals surface area contributed by atoms with Gasteiger partial charge in [-0.15, -0.1) is 0 Å². The number of nitrogens with one attached hydrogen (secondary N) is 1. The van der Waals surface area contributed by atoms with Gasteiger partial charge in [0.25, 0.3) is 0 Å². The molecule has 64 valence electrons. The number of halogens is 1. The molecule has 0 aliphatic carbocycles. The molecule has 3 aromatic rings. The van der Waals surface area contributed by atoms with Crippen molar-refractivity contribution in [2.45, 2.75) is 0 Å². The first-order valence-corrected chi connectivity index (χ1v) is 4.65. The highest BCUT2D eigenvalue weighted by Crippen LogP contribution is 2.28. The van der Waals surface area contributed by atoms with Gasteiger partial charge in [-0.25, -0.2) is 0 Å². The molecule has 2 heterocycles. The van der Waals surface area contributed by atoms with Crippen molar-refractivity contribution >= 4 is 37.8 Å². The molecule has 0 amide bonds. The lowest BCUT2D eigenvalue weighted by Crippen LogP contribution is -1.69. The Morgan fingerprint density at radius 3 is 3.08 bits per heavy atom. The summed E-state index contributed by atoms with van der Waals surface area (Å²) < 4.78 is 6.17. The van der Waals surface area contributed by atoms with Crippen molar-refractivity contribution in [2.75, 3.05) is 0 Å². The molecule has 0 aliphatic rings. The summed E-state index contributed by atoms with van der Waals surface area (Å²) in [5.74, 6) is 0. The van der Waals surface area contributed by atoms with Gasteiger partial charge in [-0.2, -0.15) is 5.10 Å². The van der Waals surface area contributed by atoms with Crippen molar-refractivity contribution in [3.8, 4) is 0 Å². The minimum atomic E-state index is 0.867. The summed E-state index contributed by atoms with van der Waals surface area (Å²) in [4.78, 5) is 0. The Balaban J connectivity index is 2.66. The summed E-state index contributed by atoms with van der Waals surface area (Å²) in [6.07, 6.45) is 1.67. The minimum absolute atomic E-state index is 0.867. The summed E-state index contributed by atoms with van der Waals surface area (Å²) in [5, 5.41) is 9.19. The van der Waals surface area contributed by atoms with Gasteiger partial charge in [0, 0.05) is 10.8 Å². The largest absolute Gasteiger partial charge is 0.464 e. The number of aromatic nitrogens is 2. The first-order chi connectivity index (χ1) is 6.36. The van der Waals surface area contributed by atoms with E-state index in [4.69, 9.17) is 4.42 Å². The van der Waals surface area contributed by atoms with Crippen LogP contribution in [0.2, 0.25) is 0 Å². The van der Waals surface area contributed by atoms with Crippen LogP contribution in [0.25, 0.3) is 21.9 Å². The van der Waals surface area contributed by atoms with Crippen LogP contribution in [0.4, 0.5) is 0 Å². The number of fused-ring (bicyclic) bond motifs is 3. The van der Waals surface area contributed by atoms with Crippen molar-refractivity contribution in [2.24, 2.45) is 0 Å². The molecule has 0 unspecified atom stereocenters. The van der Waals surface area contributed by atoms with Crippen LogP contribution >= 0.6 is 15.9 Å². The zero-order valence-electron chi connectivity index (χ0n) is 6.54. The molecule has 0 fully saturated rings. The quantitative estimate of drug-likeness (QED) is 0.652. The van der Waals surface area contributed by atoms with Crippen LogP contribution in [0.15, 0.2) is 33.5 Å². The second-order valence-corrected chi connectivity index (χ2v) is 3.62. The lowest BCUT2D eigenvalue weighted by Gasteiger charge is -1.89. The number of furan rings is 1. The molecular formula is C9H5BrN2O. The predicted octanol–water partition coefficient (Wildman–Crippen LogP) is 3.07. The van der Waals surface area contributed by atoms with Crippen LogP contribution in [0.1, 0.15) is 0 Å². The number of hydrogen-bond donors (Lipinski definition) is 1. The van der Waals surface area contributed by atoms with Gasteiger partial charge in [0.1, 0.15) is 15.7 Å². The third kappa shape index (κ3) is 0.862. The molecular weight excluding hydrogens is 232 g/mol. The van der Waals surface area contributed by atoms with E-state index in [1.165, 1.54) is 0 Å². The maximum absolute atomic E-state index is 5.27. The van der Waals surface area contributed by atoms with Crippen LogP contribution < -0.4 is 0 Å². The maximum Gasteiger partial charge on any atom is 0.136 e. The summed E-state index contributed by atoms with van der Waals surface area (Å²) in [6, 6.07) is 5.84. The SMILES string of the molecule is Brc1[nH]nc2c1ccc1occc12. The Kier molecular flexibility index (Phi) is 1.29. The lowest BCUT2D eigenvalue weighted by atomic mass is 10.2. The molecule has 0 radical (unpaired) electrons. The Bertz CT molecular complexity index is 581. The molecule has 4 heteroatoms. The standard InChI is InChI=1S/C9H5BrN2O/c10-9-6-1-2-7-5(3-4-13-7)8(6)11-12-9/h1-4H,(H,11,12). The third-order valence-electron chi connectivity index (χ3n) is 2.11. The fourth-order valence-electron chi connectivity index (χ4n) is 1.49. The monoisotopic (exact) mass is 236 g/mol. The van der Waals surface area contributed by atoms with Gasteiger partial charge in [-0.3, -0.25) is 5.10 Å². The van der Waals surface area contributed by atoms with Crippen molar-refractivity contribution in [1.82, 2.24) is 10.2 Å². The van der Waals surface area contributed by atoms with E-state index in [0.29, 0.717) is 0 Å². The second-order valence-electron chi connectivity index (χ2n) is 2.83. The van der Waals surface area contributed by atoms with Crippen LogP contribution in [0.3, 0.4) is 0 Å². The van der Waals surface area contributed by atoms with Gasteiger partial charge in [-0.1, -0.05) is 0 Å². The first kappa shape index (κ1) is 7.15. The molecule has 0 bridgehead atoms. The highest BCUT2D eigenvalue weighted by molar-refractivity contribution is 9.10. The Morgan fingerprint density at radius 2 is 2.15 bits per heavy atom. The fraction of sp³-hybridized carbons (Fsp3) is 0. The van der Waals surface area contributed by atoms with E-state index >= 15 is 0 Å². The lowest BCUT2D eigenvalue weighted by molar-refractivity contribution is 0.616. The fourth-order valence-corrected chi connectivity index (χ4v) is 1.90. The molecule has 0 saturated carbocycles. The number of aromatic amines is 1. The van der Waals surface area contributed by atoms with Gasteiger partial charge in [0.05, 0.1) is 6.26 Å². The zero-order valence-corrected chi connectivity index (χ0v) is 8.13. The van der Waals surface area contributed by atoms with Crippen LogP contribution in [0, 0.1) is 0 Å². The highest BCUT2D eigenvalue weighted by atomic mass is 79.9. The maximum atomic E-state index is 5.27. The van der Waals surface area contributed by atoms with E-state index in [2.05, 4.69) is 26.1 Å². The Labute approximate surface area is 81.9 Å². The van der Waals surface area contributed by atoms with Crippen molar-refractivity contribution in [1.29, 1.82) is 0 Å². The number of rotatable bonds is 0. The minimum Gasteiger partial charge on any atom is -0.464 e. The van der Waals surface area contributed by atoms with Crippen LogP contribution in [-0.4, -0.2) is 10.2 Å². The van der Waals surface area contributed by atoms with Crippen molar-refractivity contribution in [3.63, 3.8) is 0 Å². The van der Waals surface area contributed by atoms with Crippen LogP contribution in [0.5, 0.6) is 0 Å². The predicted molar refractivity (Wildman–Crippen MR) is 53.6 cm³/mol. The van der Waals surface area contributed by atoms with Gasteiger partial charge in [0.2, 0.25) is 0 Å². The second kappa shape index (κ2) is 2.35. The molecule has 13 heavy (non-hydrogen) atoms. The van der Waals surface area contributed by atoms with Gasteiger partial charge >= 0.3 is 0 Å². The highest BCUT2D eigenvalue weighted by Gasteiger charge is 2.07. The Morgan fingerprint density at radius 1 is 1.23 bits per heavy atom. The van der Waals surface area contributed by atoms with E-state index < -0.39 is 0 Å². The van der Waals surface area contributed by atoms with E-state index in [1.54, 1.807) is 6.26 Å². The van der Waals surface area contributed by atoms with Crippen molar-refractivity contribution in [3.05, 3.63) is 29.1 Å². The van der Waals surface area contributed by atoms with Crippen LogP contribution in [-0.2, 0) is 0 Å². The molecule has 1 aromatic carbocycles. The summed E-state index contributed by atoms with van der Waals surface area (Å²) in [6.45, 7) is 0. The molecule has 0 aliphatic heterocycles. The zero-order chi connectivity index (χ0) is 8.84.